The maximum Gasteiger partial charge on any atom is 0.341 e. The standard InChI is InChI=1S/C15H16ClN3O3/c1-3-22-14(20)11-8-18-15(19-9-11)17-7-10-4-5-13(21-2)12(16)6-10/h4-6,8-9H,3,7H2,1-2H3,(H,17,18,19). The zero-order valence-electron chi connectivity index (χ0n) is 12.3. The Hall–Kier alpha value is -2.34. The number of nitrogens with one attached hydrogen (secondary N) is 1. The van der Waals surface area contributed by atoms with Crippen LogP contribution in [0.4, 0.5) is 5.95 Å². The number of hydrogen-bond acceptors (Lipinski definition) is 6. The van der Waals surface area contributed by atoms with Crippen molar-refractivity contribution >= 4 is 23.5 Å². The van der Waals surface area contributed by atoms with E-state index in [-0.39, 0.29) is 0 Å². The van der Waals surface area contributed by atoms with Crippen molar-refractivity contribution < 1.29 is 14.3 Å². The fourth-order valence-corrected chi connectivity index (χ4v) is 2.02. The van der Waals surface area contributed by atoms with Gasteiger partial charge in [0.05, 0.1) is 24.3 Å². The molecule has 0 aliphatic rings. The number of hydrogen-bond donors (Lipinski definition) is 1. The molecule has 0 radical (unpaired) electrons. The van der Waals surface area contributed by atoms with E-state index >= 15 is 0 Å². The van der Waals surface area contributed by atoms with E-state index in [2.05, 4.69) is 15.3 Å². The first-order chi connectivity index (χ1) is 10.6. The Morgan fingerprint density at radius 1 is 1.32 bits per heavy atom. The fraction of sp³-hybridized carbons (Fsp3) is 0.267. The summed E-state index contributed by atoms with van der Waals surface area (Å²) in [5.74, 6) is 0.608. The Balaban J connectivity index is 1.97. The van der Waals surface area contributed by atoms with Gasteiger partial charge in [-0.25, -0.2) is 14.8 Å². The Labute approximate surface area is 133 Å². The average Bonchev–Trinajstić information content (AvgIpc) is 2.54. The lowest BCUT2D eigenvalue weighted by Crippen LogP contribution is -2.08. The van der Waals surface area contributed by atoms with Crippen molar-refractivity contribution in [1.82, 2.24) is 9.97 Å². The van der Waals surface area contributed by atoms with Gasteiger partial charge in [0.2, 0.25) is 5.95 Å². The van der Waals surface area contributed by atoms with E-state index in [1.807, 2.05) is 6.07 Å². The van der Waals surface area contributed by atoms with Gasteiger partial charge in [-0.1, -0.05) is 17.7 Å². The molecule has 0 fully saturated rings. The molecule has 0 saturated carbocycles. The van der Waals surface area contributed by atoms with Gasteiger partial charge in [-0.2, -0.15) is 0 Å². The lowest BCUT2D eigenvalue weighted by Gasteiger charge is -2.08. The van der Waals surface area contributed by atoms with Crippen LogP contribution in [0.15, 0.2) is 30.6 Å². The molecule has 7 heteroatoms. The SMILES string of the molecule is CCOC(=O)c1cnc(NCc2ccc(OC)c(Cl)c2)nc1. The van der Waals surface area contributed by atoms with E-state index in [1.54, 1.807) is 26.2 Å². The summed E-state index contributed by atoms with van der Waals surface area (Å²) in [5.41, 5.74) is 1.28. The molecule has 0 unspecified atom stereocenters. The van der Waals surface area contributed by atoms with Crippen LogP contribution in [0.1, 0.15) is 22.8 Å². The molecule has 1 heterocycles. The highest BCUT2D eigenvalue weighted by molar-refractivity contribution is 6.32. The van der Waals surface area contributed by atoms with E-state index < -0.39 is 5.97 Å². The first-order valence-electron chi connectivity index (χ1n) is 6.69. The summed E-state index contributed by atoms with van der Waals surface area (Å²) in [6.07, 6.45) is 2.85. The second kappa shape index (κ2) is 7.61. The lowest BCUT2D eigenvalue weighted by molar-refractivity contribution is 0.0525. The number of carbonyl (C=O) groups excluding carboxylic acids is 1. The fourth-order valence-electron chi connectivity index (χ4n) is 1.74. The van der Waals surface area contributed by atoms with Gasteiger partial charge in [0.25, 0.3) is 0 Å². The Morgan fingerprint density at radius 2 is 2.05 bits per heavy atom. The first-order valence-corrected chi connectivity index (χ1v) is 7.07. The average molecular weight is 322 g/mol. The minimum atomic E-state index is -0.434. The van der Waals surface area contributed by atoms with E-state index in [0.29, 0.717) is 35.4 Å². The van der Waals surface area contributed by atoms with Crippen LogP contribution in [-0.2, 0) is 11.3 Å². The maximum absolute atomic E-state index is 11.5. The van der Waals surface area contributed by atoms with Gasteiger partial charge in [-0.3, -0.25) is 0 Å². The van der Waals surface area contributed by atoms with Crippen molar-refractivity contribution in [3.8, 4) is 5.75 Å². The van der Waals surface area contributed by atoms with Crippen molar-refractivity contribution in [3.05, 3.63) is 46.7 Å². The van der Waals surface area contributed by atoms with Crippen LogP contribution >= 0.6 is 11.6 Å². The largest absolute Gasteiger partial charge is 0.495 e. The van der Waals surface area contributed by atoms with Crippen LogP contribution in [0, 0.1) is 0 Å². The third-order valence-corrected chi connectivity index (χ3v) is 3.13. The predicted molar refractivity (Wildman–Crippen MR) is 83.3 cm³/mol. The van der Waals surface area contributed by atoms with Gasteiger partial charge >= 0.3 is 5.97 Å². The van der Waals surface area contributed by atoms with Gasteiger partial charge in [-0.05, 0) is 24.6 Å². The molecule has 1 N–H and O–H groups in total. The molecule has 22 heavy (non-hydrogen) atoms. The van der Waals surface area contributed by atoms with Crippen LogP contribution in [-0.4, -0.2) is 29.7 Å². The molecule has 6 nitrogen and oxygen atoms in total. The van der Waals surface area contributed by atoms with Crippen molar-refractivity contribution in [2.24, 2.45) is 0 Å². The van der Waals surface area contributed by atoms with Gasteiger partial charge in [0.1, 0.15) is 5.75 Å². The minimum absolute atomic E-state index is 0.317. The smallest absolute Gasteiger partial charge is 0.341 e. The van der Waals surface area contributed by atoms with E-state index in [9.17, 15) is 4.79 Å². The molecule has 0 saturated heterocycles. The number of carbonyl (C=O) groups is 1. The zero-order chi connectivity index (χ0) is 15.9. The molecule has 2 aromatic rings. The lowest BCUT2D eigenvalue weighted by atomic mass is 10.2. The van der Waals surface area contributed by atoms with Crippen LogP contribution in [0.3, 0.4) is 0 Å². The molecule has 0 atom stereocenters. The number of methoxy groups -OCH3 is 1. The Morgan fingerprint density at radius 3 is 2.64 bits per heavy atom. The first kappa shape index (κ1) is 16.0. The van der Waals surface area contributed by atoms with Crippen molar-refractivity contribution in [1.29, 1.82) is 0 Å². The number of aromatic nitrogens is 2. The number of ether oxygens (including phenoxy) is 2. The van der Waals surface area contributed by atoms with E-state index in [1.165, 1.54) is 12.4 Å². The van der Waals surface area contributed by atoms with Gasteiger partial charge in [0.15, 0.2) is 0 Å². The summed E-state index contributed by atoms with van der Waals surface area (Å²) in [6, 6.07) is 5.50. The number of esters is 1. The molecule has 116 valence electrons. The highest BCUT2D eigenvalue weighted by Gasteiger charge is 2.08. The molecule has 1 aromatic carbocycles. The van der Waals surface area contributed by atoms with Crippen molar-refractivity contribution in [2.75, 3.05) is 19.0 Å². The normalized spacial score (nSPS) is 10.1. The summed E-state index contributed by atoms with van der Waals surface area (Å²) >= 11 is 6.06. The second-order valence-electron chi connectivity index (χ2n) is 4.34. The van der Waals surface area contributed by atoms with Gasteiger partial charge in [-0.15, -0.1) is 0 Å². The van der Waals surface area contributed by atoms with E-state index in [0.717, 1.165) is 5.56 Å². The number of anilines is 1. The van der Waals surface area contributed by atoms with Crippen LogP contribution < -0.4 is 10.1 Å². The molecule has 0 aliphatic heterocycles. The van der Waals surface area contributed by atoms with Crippen molar-refractivity contribution in [2.45, 2.75) is 13.5 Å². The molecule has 1 aromatic heterocycles. The molecule has 0 bridgehead atoms. The summed E-state index contributed by atoms with van der Waals surface area (Å²) in [7, 11) is 1.57. The number of benzene rings is 1. The summed E-state index contributed by atoms with van der Waals surface area (Å²) in [5, 5.41) is 3.59. The topological polar surface area (TPSA) is 73.3 Å². The summed E-state index contributed by atoms with van der Waals surface area (Å²) < 4.78 is 9.96. The van der Waals surface area contributed by atoms with Crippen LogP contribution in [0.5, 0.6) is 5.75 Å². The number of rotatable bonds is 6. The highest BCUT2D eigenvalue weighted by Crippen LogP contribution is 2.25. The van der Waals surface area contributed by atoms with E-state index in [4.69, 9.17) is 21.1 Å². The molecule has 0 spiro atoms. The molecule has 0 amide bonds. The molecular weight excluding hydrogens is 306 g/mol. The van der Waals surface area contributed by atoms with Crippen molar-refractivity contribution in [3.63, 3.8) is 0 Å². The molecule has 2 rings (SSSR count). The summed E-state index contributed by atoms with van der Waals surface area (Å²) in [6.45, 7) is 2.56. The third-order valence-electron chi connectivity index (χ3n) is 2.83. The number of nitrogens with zero attached hydrogens (tertiary/aromatic N) is 2. The molecular formula is C15H16ClN3O3. The van der Waals surface area contributed by atoms with Crippen LogP contribution in [0.25, 0.3) is 0 Å². The monoisotopic (exact) mass is 321 g/mol. The maximum atomic E-state index is 11.5. The quantitative estimate of drug-likeness (QED) is 0.825. The highest BCUT2D eigenvalue weighted by atomic mass is 35.5. The minimum Gasteiger partial charge on any atom is -0.495 e. The Bertz CT molecular complexity index is 647. The molecule has 0 aliphatic carbocycles. The zero-order valence-corrected chi connectivity index (χ0v) is 13.1. The van der Waals surface area contributed by atoms with Gasteiger partial charge < -0.3 is 14.8 Å². The summed E-state index contributed by atoms with van der Waals surface area (Å²) in [4.78, 5) is 19.6. The van der Waals surface area contributed by atoms with Gasteiger partial charge in [0, 0.05) is 18.9 Å². The predicted octanol–water partition coefficient (Wildman–Crippen LogP) is 2.93. The van der Waals surface area contributed by atoms with Crippen LogP contribution in [0.2, 0.25) is 5.02 Å². The third kappa shape index (κ3) is 4.08. The number of halogens is 1. The Kier molecular flexibility index (Phi) is 5.55. The second-order valence-corrected chi connectivity index (χ2v) is 4.75.